The van der Waals surface area contributed by atoms with Crippen LogP contribution in [0, 0.1) is 23.7 Å². The van der Waals surface area contributed by atoms with Crippen molar-refractivity contribution in [2.45, 2.75) is 39.7 Å². The lowest BCUT2D eigenvalue weighted by Crippen LogP contribution is -2.38. The molecule has 0 aromatic carbocycles. The van der Waals surface area contributed by atoms with Gasteiger partial charge in [0.1, 0.15) is 0 Å². The highest BCUT2D eigenvalue weighted by Gasteiger charge is 2.57. The minimum absolute atomic E-state index is 0.0239. The second kappa shape index (κ2) is 4.28. The van der Waals surface area contributed by atoms with E-state index in [1.54, 1.807) is 0 Å². The first kappa shape index (κ1) is 12.3. The quantitative estimate of drug-likeness (QED) is 0.555. The molecule has 0 bridgehead atoms. The highest BCUT2D eigenvalue weighted by atomic mass is 16.2. The predicted octanol–water partition coefficient (Wildman–Crippen LogP) is 2.23. The molecule has 0 spiro atoms. The summed E-state index contributed by atoms with van der Waals surface area (Å²) in [6, 6.07) is -0.0245. The molecule has 4 atom stereocenters. The minimum Gasteiger partial charge on any atom is -0.280 e. The number of likely N-dealkylation sites (tertiary alicyclic amines) is 1. The van der Waals surface area contributed by atoms with Crippen molar-refractivity contribution in [2.75, 3.05) is 0 Å². The summed E-state index contributed by atoms with van der Waals surface area (Å²) in [5, 5.41) is 0. The van der Waals surface area contributed by atoms with Gasteiger partial charge in [-0.15, -0.1) is 6.58 Å². The third-order valence-corrected chi connectivity index (χ3v) is 4.32. The zero-order chi connectivity index (χ0) is 12.7. The zero-order valence-corrected chi connectivity index (χ0v) is 10.8. The van der Waals surface area contributed by atoms with E-state index >= 15 is 0 Å². The topological polar surface area (TPSA) is 37.4 Å². The van der Waals surface area contributed by atoms with E-state index in [9.17, 15) is 9.59 Å². The van der Waals surface area contributed by atoms with E-state index in [2.05, 4.69) is 13.5 Å². The Hall–Kier alpha value is -1.12. The predicted molar refractivity (Wildman–Crippen MR) is 66.1 cm³/mol. The fourth-order valence-corrected chi connectivity index (χ4v) is 3.50. The van der Waals surface area contributed by atoms with Crippen molar-refractivity contribution >= 4 is 11.8 Å². The van der Waals surface area contributed by atoms with Crippen LogP contribution in [0.2, 0.25) is 0 Å². The summed E-state index contributed by atoms with van der Waals surface area (Å²) in [6.07, 6.45) is 3.78. The number of hydrogen-bond donors (Lipinski definition) is 0. The molecule has 0 radical (unpaired) electrons. The van der Waals surface area contributed by atoms with Crippen LogP contribution < -0.4 is 0 Å². The van der Waals surface area contributed by atoms with Crippen molar-refractivity contribution in [3.8, 4) is 0 Å². The third-order valence-electron chi connectivity index (χ3n) is 4.32. The molecule has 2 aliphatic rings. The molecule has 0 N–H and O–H groups in total. The molecular formula is C14H21NO2. The molecule has 1 aliphatic heterocycles. The molecular weight excluding hydrogens is 214 g/mol. The van der Waals surface area contributed by atoms with E-state index in [4.69, 9.17) is 0 Å². The van der Waals surface area contributed by atoms with Crippen LogP contribution in [-0.2, 0) is 9.59 Å². The minimum atomic E-state index is -0.132. The van der Waals surface area contributed by atoms with Gasteiger partial charge in [-0.2, -0.15) is 0 Å². The summed E-state index contributed by atoms with van der Waals surface area (Å²) in [5.41, 5.74) is 0. The first-order chi connectivity index (χ1) is 8.02. The van der Waals surface area contributed by atoms with Crippen molar-refractivity contribution in [2.24, 2.45) is 23.7 Å². The molecule has 0 aromatic heterocycles. The summed E-state index contributed by atoms with van der Waals surface area (Å²) in [6.45, 7) is 9.73. The van der Waals surface area contributed by atoms with Crippen molar-refractivity contribution in [1.82, 2.24) is 4.90 Å². The van der Waals surface area contributed by atoms with Crippen LogP contribution in [0.15, 0.2) is 12.7 Å². The Morgan fingerprint density at radius 1 is 1.35 bits per heavy atom. The summed E-state index contributed by atoms with van der Waals surface area (Å²) < 4.78 is 0. The fourth-order valence-electron chi connectivity index (χ4n) is 3.50. The lowest BCUT2D eigenvalue weighted by atomic mass is 9.88. The average Bonchev–Trinajstić information content (AvgIpc) is 2.76. The molecule has 2 amide bonds. The number of imide groups is 1. The largest absolute Gasteiger partial charge is 0.280 e. The van der Waals surface area contributed by atoms with Crippen LogP contribution >= 0.6 is 0 Å². The summed E-state index contributed by atoms with van der Waals surface area (Å²) in [7, 11) is 0. The Balaban J connectivity index is 2.35. The van der Waals surface area contributed by atoms with Crippen LogP contribution in [-0.4, -0.2) is 22.8 Å². The SMILES string of the molecule is C=CC1CC(CC)C2C(=O)N(C(C)C)C(=O)C12. The van der Waals surface area contributed by atoms with Gasteiger partial charge in [-0.25, -0.2) is 0 Å². The third kappa shape index (κ3) is 1.63. The van der Waals surface area contributed by atoms with Crippen LogP contribution in [0.1, 0.15) is 33.6 Å². The van der Waals surface area contributed by atoms with Crippen molar-refractivity contribution in [3.63, 3.8) is 0 Å². The molecule has 94 valence electrons. The number of nitrogens with zero attached hydrogens (tertiary/aromatic N) is 1. The molecule has 1 heterocycles. The molecule has 4 unspecified atom stereocenters. The Morgan fingerprint density at radius 3 is 2.41 bits per heavy atom. The molecule has 3 heteroatoms. The maximum atomic E-state index is 12.3. The number of carbonyl (C=O) groups is 2. The van der Waals surface area contributed by atoms with Gasteiger partial charge in [0.15, 0.2) is 0 Å². The van der Waals surface area contributed by atoms with E-state index in [1.807, 2.05) is 19.9 Å². The summed E-state index contributed by atoms with van der Waals surface area (Å²) in [5.74, 6) is 0.389. The van der Waals surface area contributed by atoms with Gasteiger partial charge in [0.2, 0.25) is 11.8 Å². The van der Waals surface area contributed by atoms with Crippen molar-refractivity contribution in [3.05, 3.63) is 12.7 Å². The van der Waals surface area contributed by atoms with Crippen LogP contribution in [0.4, 0.5) is 0 Å². The maximum Gasteiger partial charge on any atom is 0.233 e. The first-order valence-corrected chi connectivity index (χ1v) is 6.52. The lowest BCUT2D eigenvalue weighted by molar-refractivity contribution is -0.142. The van der Waals surface area contributed by atoms with Crippen molar-refractivity contribution in [1.29, 1.82) is 0 Å². The highest BCUT2D eigenvalue weighted by Crippen LogP contribution is 2.49. The monoisotopic (exact) mass is 235 g/mol. The number of carbonyl (C=O) groups excluding carboxylic acids is 2. The second-order valence-corrected chi connectivity index (χ2v) is 5.50. The van der Waals surface area contributed by atoms with Gasteiger partial charge in [0, 0.05) is 6.04 Å². The molecule has 1 saturated carbocycles. The average molecular weight is 235 g/mol. The van der Waals surface area contributed by atoms with E-state index in [0.717, 1.165) is 12.8 Å². The van der Waals surface area contributed by atoms with Gasteiger partial charge in [-0.3, -0.25) is 14.5 Å². The van der Waals surface area contributed by atoms with Gasteiger partial charge >= 0.3 is 0 Å². The van der Waals surface area contributed by atoms with Crippen LogP contribution in [0.25, 0.3) is 0 Å². The molecule has 17 heavy (non-hydrogen) atoms. The van der Waals surface area contributed by atoms with E-state index in [1.165, 1.54) is 4.90 Å². The van der Waals surface area contributed by atoms with Crippen LogP contribution in [0.3, 0.4) is 0 Å². The Kier molecular flexibility index (Phi) is 3.11. The first-order valence-electron chi connectivity index (χ1n) is 6.52. The van der Waals surface area contributed by atoms with Crippen molar-refractivity contribution < 1.29 is 9.59 Å². The molecule has 2 rings (SSSR count). The highest BCUT2D eigenvalue weighted by molar-refractivity contribution is 6.06. The van der Waals surface area contributed by atoms with Gasteiger partial charge < -0.3 is 0 Å². The molecule has 2 fully saturated rings. The summed E-state index contributed by atoms with van der Waals surface area (Å²) >= 11 is 0. The van der Waals surface area contributed by atoms with Gasteiger partial charge in [-0.1, -0.05) is 19.4 Å². The van der Waals surface area contributed by atoms with Gasteiger partial charge in [-0.05, 0) is 32.1 Å². The molecule has 1 aliphatic carbocycles. The maximum absolute atomic E-state index is 12.3. The number of rotatable bonds is 3. The van der Waals surface area contributed by atoms with Gasteiger partial charge in [0.25, 0.3) is 0 Å². The molecule has 1 saturated heterocycles. The Morgan fingerprint density at radius 2 is 1.94 bits per heavy atom. The standard InChI is InChI=1S/C14H21NO2/c1-5-9-7-10(6-2)12-11(9)13(16)15(8(3)4)14(12)17/h5,8-12H,1,6-7H2,2-4H3. The number of amides is 2. The summed E-state index contributed by atoms with van der Waals surface area (Å²) in [4.78, 5) is 26.1. The Labute approximate surface area is 103 Å². The number of allylic oxidation sites excluding steroid dienone is 1. The van der Waals surface area contributed by atoms with Crippen LogP contribution in [0.5, 0.6) is 0 Å². The normalized spacial score (nSPS) is 36.8. The molecule has 0 aromatic rings. The Bertz CT molecular complexity index is 361. The fraction of sp³-hybridized carbons (Fsp3) is 0.714. The van der Waals surface area contributed by atoms with E-state index in [-0.39, 0.29) is 35.6 Å². The lowest BCUT2D eigenvalue weighted by Gasteiger charge is -2.22. The van der Waals surface area contributed by atoms with Gasteiger partial charge in [0.05, 0.1) is 11.8 Å². The molecule has 3 nitrogen and oxygen atoms in total. The smallest absolute Gasteiger partial charge is 0.233 e. The van der Waals surface area contributed by atoms with E-state index < -0.39 is 0 Å². The van der Waals surface area contributed by atoms with E-state index in [0.29, 0.717) is 5.92 Å². The number of hydrogen-bond acceptors (Lipinski definition) is 2. The second-order valence-electron chi connectivity index (χ2n) is 5.50. The zero-order valence-electron chi connectivity index (χ0n) is 10.8. The number of fused-ring (bicyclic) bond motifs is 1.